The highest BCUT2D eigenvalue weighted by Gasteiger charge is 2.17. The largest absolute Gasteiger partial charge is 0.341 e. The van der Waals surface area contributed by atoms with E-state index in [1.54, 1.807) is 0 Å². The van der Waals surface area contributed by atoms with E-state index in [4.69, 9.17) is 9.79 Å². The van der Waals surface area contributed by atoms with Crippen molar-refractivity contribution in [3.05, 3.63) is 59.7 Å². The van der Waals surface area contributed by atoms with E-state index in [-0.39, 0.29) is 12.7 Å². The van der Waals surface area contributed by atoms with Gasteiger partial charge in [-0.15, -0.1) is 0 Å². The molecule has 0 amide bonds. The third kappa shape index (κ3) is 4.71. The Balaban J connectivity index is 2.31. The van der Waals surface area contributed by atoms with E-state index in [9.17, 15) is 4.57 Å². The predicted octanol–water partition coefficient (Wildman–Crippen LogP) is 3.62. The Morgan fingerprint density at radius 2 is 1.24 bits per heavy atom. The summed E-state index contributed by atoms with van der Waals surface area (Å²) >= 11 is 0. The van der Waals surface area contributed by atoms with Crippen LogP contribution in [0.1, 0.15) is 11.1 Å². The van der Waals surface area contributed by atoms with Gasteiger partial charge in [-0.1, -0.05) is 35.4 Å². The molecule has 0 fully saturated rings. The van der Waals surface area contributed by atoms with E-state index in [1.165, 1.54) is 0 Å². The number of rotatable bonds is 5. The summed E-state index contributed by atoms with van der Waals surface area (Å²) in [6, 6.07) is 15.8. The maximum absolute atomic E-state index is 11.2. The topological polar surface area (TPSA) is 60.8 Å². The fourth-order valence-corrected chi connectivity index (χ4v) is 2.55. The maximum atomic E-state index is 11.2. The van der Waals surface area contributed by atoms with Crippen molar-refractivity contribution in [3.8, 4) is 0 Å². The first-order valence-electron chi connectivity index (χ1n) is 6.80. The van der Waals surface area contributed by atoms with Crippen LogP contribution >= 0.6 is 7.60 Å². The lowest BCUT2D eigenvalue weighted by Gasteiger charge is -2.25. The quantitative estimate of drug-likeness (QED) is 0.828. The van der Waals surface area contributed by atoms with Crippen LogP contribution in [0.15, 0.2) is 48.5 Å². The SMILES string of the molecule is Cc1ccc(N(CCP(=O)(O)O)c2ccc(C)cc2)cc1. The summed E-state index contributed by atoms with van der Waals surface area (Å²) in [5, 5.41) is 0. The highest BCUT2D eigenvalue weighted by molar-refractivity contribution is 7.51. The Kier molecular flexibility index (Phi) is 4.84. The Morgan fingerprint density at radius 1 is 0.857 bits per heavy atom. The molecule has 4 nitrogen and oxygen atoms in total. The molecule has 0 aromatic heterocycles. The van der Waals surface area contributed by atoms with Crippen molar-refractivity contribution in [2.75, 3.05) is 17.6 Å². The minimum atomic E-state index is -4.02. The fraction of sp³-hybridized carbons (Fsp3) is 0.250. The Labute approximate surface area is 125 Å². The summed E-state index contributed by atoms with van der Waals surface area (Å²) in [5.74, 6) is 0. The molecule has 0 heterocycles. The lowest BCUT2D eigenvalue weighted by atomic mass is 10.1. The molecule has 0 saturated heterocycles. The number of hydrogen-bond acceptors (Lipinski definition) is 2. The average molecular weight is 305 g/mol. The number of aryl methyl sites for hydroxylation is 2. The van der Waals surface area contributed by atoms with Gasteiger partial charge in [0.1, 0.15) is 0 Å². The van der Waals surface area contributed by atoms with E-state index in [2.05, 4.69) is 0 Å². The van der Waals surface area contributed by atoms with Crippen LogP contribution in [0.3, 0.4) is 0 Å². The van der Waals surface area contributed by atoms with E-state index < -0.39 is 7.60 Å². The normalized spacial score (nSPS) is 11.4. The van der Waals surface area contributed by atoms with Gasteiger partial charge in [0.15, 0.2) is 0 Å². The first kappa shape index (κ1) is 15.8. The van der Waals surface area contributed by atoms with Crippen molar-refractivity contribution in [2.45, 2.75) is 13.8 Å². The molecular formula is C16H20NO3P. The molecule has 0 aliphatic carbocycles. The molecule has 0 radical (unpaired) electrons. The first-order valence-corrected chi connectivity index (χ1v) is 8.60. The second kappa shape index (κ2) is 6.44. The third-order valence-corrected chi connectivity index (χ3v) is 4.09. The van der Waals surface area contributed by atoms with Crippen molar-refractivity contribution < 1.29 is 14.4 Å². The van der Waals surface area contributed by atoms with Crippen LogP contribution in [0.25, 0.3) is 0 Å². The molecular weight excluding hydrogens is 285 g/mol. The number of benzene rings is 2. The van der Waals surface area contributed by atoms with Gasteiger partial charge in [-0.05, 0) is 38.1 Å². The molecule has 112 valence electrons. The van der Waals surface area contributed by atoms with Crippen molar-refractivity contribution in [3.63, 3.8) is 0 Å². The van der Waals surface area contributed by atoms with E-state index in [1.807, 2.05) is 67.3 Å². The number of hydrogen-bond donors (Lipinski definition) is 2. The van der Waals surface area contributed by atoms with Gasteiger partial charge in [-0.2, -0.15) is 0 Å². The highest BCUT2D eigenvalue weighted by Crippen LogP contribution is 2.36. The molecule has 2 aromatic rings. The second-order valence-electron chi connectivity index (χ2n) is 5.21. The number of nitrogens with zero attached hydrogens (tertiary/aromatic N) is 1. The van der Waals surface area contributed by atoms with Gasteiger partial charge in [0.2, 0.25) is 0 Å². The minimum absolute atomic E-state index is 0.172. The molecule has 0 saturated carbocycles. The predicted molar refractivity (Wildman–Crippen MR) is 86.3 cm³/mol. The van der Waals surface area contributed by atoms with Gasteiger partial charge in [0.05, 0.1) is 6.16 Å². The van der Waals surface area contributed by atoms with Crippen molar-refractivity contribution in [2.24, 2.45) is 0 Å². The molecule has 2 N–H and O–H groups in total. The molecule has 21 heavy (non-hydrogen) atoms. The monoisotopic (exact) mass is 305 g/mol. The van der Waals surface area contributed by atoms with Crippen LogP contribution in [-0.2, 0) is 4.57 Å². The van der Waals surface area contributed by atoms with Gasteiger partial charge in [-0.3, -0.25) is 4.57 Å². The molecule has 2 aromatic carbocycles. The second-order valence-corrected chi connectivity index (χ2v) is 6.99. The zero-order valence-corrected chi connectivity index (χ0v) is 13.1. The molecule has 5 heteroatoms. The van der Waals surface area contributed by atoms with Crippen LogP contribution in [0.5, 0.6) is 0 Å². The van der Waals surface area contributed by atoms with Crippen LogP contribution in [-0.4, -0.2) is 22.5 Å². The summed E-state index contributed by atoms with van der Waals surface area (Å²) < 4.78 is 11.2. The summed E-state index contributed by atoms with van der Waals surface area (Å²) in [5.41, 5.74) is 4.16. The van der Waals surface area contributed by atoms with Gasteiger partial charge in [0, 0.05) is 17.9 Å². The van der Waals surface area contributed by atoms with Crippen molar-refractivity contribution >= 4 is 19.0 Å². The maximum Gasteiger partial charge on any atom is 0.327 e. The molecule has 0 aliphatic heterocycles. The Bertz CT molecular complexity index is 586. The molecule has 0 aliphatic rings. The van der Waals surface area contributed by atoms with Crippen molar-refractivity contribution in [1.29, 1.82) is 0 Å². The summed E-state index contributed by atoms with van der Waals surface area (Å²) in [4.78, 5) is 20.2. The zero-order valence-electron chi connectivity index (χ0n) is 12.2. The number of anilines is 2. The third-order valence-electron chi connectivity index (χ3n) is 3.31. The van der Waals surface area contributed by atoms with E-state index in [0.29, 0.717) is 0 Å². The van der Waals surface area contributed by atoms with E-state index >= 15 is 0 Å². The van der Waals surface area contributed by atoms with Crippen LogP contribution < -0.4 is 4.90 Å². The molecule has 0 atom stereocenters. The Morgan fingerprint density at radius 3 is 1.57 bits per heavy atom. The summed E-state index contributed by atoms with van der Waals surface area (Å²) in [7, 11) is -4.02. The lowest BCUT2D eigenvalue weighted by Crippen LogP contribution is -2.21. The van der Waals surface area contributed by atoms with Gasteiger partial charge < -0.3 is 14.7 Å². The van der Waals surface area contributed by atoms with Crippen LogP contribution in [0.2, 0.25) is 0 Å². The molecule has 0 spiro atoms. The van der Waals surface area contributed by atoms with E-state index in [0.717, 1.165) is 22.5 Å². The van der Waals surface area contributed by atoms with Gasteiger partial charge in [-0.25, -0.2) is 0 Å². The summed E-state index contributed by atoms with van der Waals surface area (Å²) in [6.45, 7) is 4.29. The van der Waals surface area contributed by atoms with Crippen molar-refractivity contribution in [1.82, 2.24) is 0 Å². The average Bonchev–Trinajstić information content (AvgIpc) is 2.41. The molecule has 2 rings (SSSR count). The van der Waals surface area contributed by atoms with Crippen LogP contribution in [0.4, 0.5) is 11.4 Å². The Hall–Kier alpha value is -1.61. The minimum Gasteiger partial charge on any atom is -0.341 e. The smallest absolute Gasteiger partial charge is 0.327 e. The molecule has 0 unspecified atom stereocenters. The van der Waals surface area contributed by atoms with Crippen LogP contribution in [0, 0.1) is 13.8 Å². The van der Waals surface area contributed by atoms with Gasteiger partial charge in [0.25, 0.3) is 0 Å². The highest BCUT2D eigenvalue weighted by atomic mass is 31.2. The molecule has 0 bridgehead atoms. The lowest BCUT2D eigenvalue weighted by molar-refractivity contribution is 0.373. The zero-order chi connectivity index (χ0) is 15.5. The fourth-order valence-electron chi connectivity index (χ4n) is 2.09. The first-order chi connectivity index (χ1) is 9.85. The standard InChI is InChI=1S/C16H20NO3P/c1-13-3-7-15(8-4-13)17(11-12-21(18,19)20)16-9-5-14(2)6-10-16/h3-10H,11-12H2,1-2H3,(H2,18,19,20). The summed E-state index contributed by atoms with van der Waals surface area (Å²) in [6.07, 6.45) is -0.172. The van der Waals surface area contributed by atoms with Gasteiger partial charge >= 0.3 is 7.60 Å².